The zero-order valence-electron chi connectivity index (χ0n) is 19.4. The van der Waals surface area contributed by atoms with E-state index in [4.69, 9.17) is 21.7 Å². The van der Waals surface area contributed by atoms with Gasteiger partial charge in [0.25, 0.3) is 0 Å². The molecule has 1 amide bonds. The maximum absolute atomic E-state index is 14.1. The van der Waals surface area contributed by atoms with Crippen LogP contribution < -0.4 is 9.47 Å². The molecule has 7 nitrogen and oxygen atoms in total. The van der Waals surface area contributed by atoms with E-state index in [2.05, 4.69) is 34.2 Å². The molecule has 34 heavy (non-hydrogen) atoms. The highest BCUT2D eigenvalue weighted by molar-refractivity contribution is 7.71. The lowest BCUT2D eigenvalue weighted by molar-refractivity contribution is -0.138. The number of aromatic nitrogens is 3. The number of H-pyrrole nitrogens is 1. The molecule has 0 radical (unpaired) electrons. The largest absolute Gasteiger partial charge is 0.486 e. The first kappa shape index (κ1) is 21.9. The summed E-state index contributed by atoms with van der Waals surface area (Å²) in [7, 11) is 0. The smallest absolute Gasteiger partial charge is 0.246 e. The van der Waals surface area contributed by atoms with Crippen molar-refractivity contribution in [1.82, 2.24) is 19.7 Å². The molecule has 2 aliphatic heterocycles. The summed E-state index contributed by atoms with van der Waals surface area (Å²) >= 11 is 7.14. The summed E-state index contributed by atoms with van der Waals surface area (Å²) in [6.07, 6.45) is 4.51. The van der Waals surface area contributed by atoms with Crippen molar-refractivity contribution < 1.29 is 14.3 Å². The van der Waals surface area contributed by atoms with Gasteiger partial charge in [-0.3, -0.25) is 14.5 Å². The Balaban J connectivity index is 1.40. The van der Waals surface area contributed by atoms with Gasteiger partial charge in [-0.25, -0.2) is 0 Å². The van der Waals surface area contributed by atoms with Crippen molar-refractivity contribution in [3.05, 3.63) is 45.5 Å². The van der Waals surface area contributed by atoms with Crippen LogP contribution in [0.4, 0.5) is 0 Å². The summed E-state index contributed by atoms with van der Waals surface area (Å²) in [5.74, 6) is 2.39. The Labute approximate surface area is 207 Å². The Morgan fingerprint density at radius 1 is 1.26 bits per heavy atom. The third kappa shape index (κ3) is 3.32. The Kier molecular flexibility index (Phi) is 5.29. The molecule has 1 aromatic carbocycles. The van der Waals surface area contributed by atoms with Crippen LogP contribution in [0.5, 0.6) is 11.5 Å². The van der Waals surface area contributed by atoms with Crippen molar-refractivity contribution in [1.29, 1.82) is 0 Å². The van der Waals surface area contributed by atoms with E-state index in [1.54, 1.807) is 11.3 Å². The fraction of sp³-hybridized carbons (Fsp3) is 0.480. The number of carbonyl (C=O) groups is 1. The van der Waals surface area contributed by atoms with E-state index in [9.17, 15) is 4.79 Å². The van der Waals surface area contributed by atoms with Crippen LogP contribution in [0.25, 0.3) is 10.7 Å². The number of hydrogen-bond donors (Lipinski definition) is 1. The number of nitrogens with zero attached hydrogens (tertiary/aromatic N) is 3. The summed E-state index contributed by atoms with van der Waals surface area (Å²) in [6, 6.07) is 7.74. The number of carbonyl (C=O) groups excluding carboxylic acids is 1. The van der Waals surface area contributed by atoms with Gasteiger partial charge < -0.3 is 14.4 Å². The lowest BCUT2D eigenvalue weighted by atomic mass is 9.71. The van der Waals surface area contributed by atoms with Gasteiger partial charge in [-0.15, -0.1) is 11.3 Å². The number of hydrogen-bond acceptors (Lipinski definition) is 6. The summed E-state index contributed by atoms with van der Waals surface area (Å²) < 4.78 is 14.1. The zero-order chi connectivity index (χ0) is 23.4. The van der Waals surface area contributed by atoms with Crippen molar-refractivity contribution in [2.24, 2.45) is 0 Å². The predicted molar refractivity (Wildman–Crippen MR) is 133 cm³/mol. The fourth-order valence-electron chi connectivity index (χ4n) is 5.97. The van der Waals surface area contributed by atoms with Gasteiger partial charge >= 0.3 is 0 Å². The van der Waals surface area contributed by atoms with Gasteiger partial charge in [0.05, 0.1) is 10.9 Å². The van der Waals surface area contributed by atoms with Gasteiger partial charge in [-0.1, -0.05) is 18.9 Å². The lowest BCUT2D eigenvalue weighted by Gasteiger charge is -2.47. The van der Waals surface area contributed by atoms with Crippen molar-refractivity contribution in [2.75, 3.05) is 19.8 Å². The monoisotopic (exact) mass is 496 g/mol. The molecule has 6 rings (SSSR count). The third-order valence-electron chi connectivity index (χ3n) is 7.71. The third-order valence-corrected chi connectivity index (χ3v) is 8.86. The summed E-state index contributed by atoms with van der Waals surface area (Å²) in [5.41, 5.74) is 2.46. The maximum Gasteiger partial charge on any atom is 0.246 e. The van der Waals surface area contributed by atoms with Crippen LogP contribution in [-0.4, -0.2) is 45.3 Å². The second-order valence-corrected chi connectivity index (χ2v) is 10.9. The Morgan fingerprint density at radius 3 is 2.71 bits per heavy atom. The number of nitrogens with one attached hydrogen (secondary N) is 1. The highest BCUT2D eigenvalue weighted by atomic mass is 32.1. The average Bonchev–Trinajstić information content (AvgIpc) is 3.61. The lowest BCUT2D eigenvalue weighted by Crippen LogP contribution is -2.50. The molecule has 1 saturated carbocycles. The first-order chi connectivity index (χ1) is 16.5. The Hall–Kier alpha value is -2.65. The van der Waals surface area contributed by atoms with Crippen molar-refractivity contribution in [2.45, 2.75) is 57.0 Å². The van der Waals surface area contributed by atoms with Crippen LogP contribution in [0.1, 0.15) is 62.7 Å². The molecule has 0 bridgehead atoms. The molecule has 2 unspecified atom stereocenters. The molecule has 2 aromatic heterocycles. The fourth-order valence-corrected chi connectivity index (χ4v) is 6.97. The van der Waals surface area contributed by atoms with Crippen LogP contribution >= 0.6 is 23.6 Å². The van der Waals surface area contributed by atoms with Gasteiger partial charge in [-0.05, 0) is 73.6 Å². The zero-order valence-corrected chi connectivity index (χ0v) is 21.0. The summed E-state index contributed by atoms with van der Waals surface area (Å²) in [4.78, 5) is 17.1. The molecule has 1 N–H and O–H groups in total. The topological polar surface area (TPSA) is 72.4 Å². The number of thiophene rings is 1. The maximum atomic E-state index is 14.1. The molecule has 3 aromatic rings. The number of ether oxygens (including phenoxy) is 2. The summed E-state index contributed by atoms with van der Waals surface area (Å²) in [6.45, 7) is 5.89. The molecule has 1 fully saturated rings. The quantitative estimate of drug-likeness (QED) is 0.491. The van der Waals surface area contributed by atoms with Gasteiger partial charge in [-0.2, -0.15) is 5.10 Å². The second-order valence-electron chi connectivity index (χ2n) is 9.59. The van der Waals surface area contributed by atoms with Gasteiger partial charge in [0.1, 0.15) is 19.3 Å². The van der Waals surface area contributed by atoms with Crippen LogP contribution in [0.2, 0.25) is 0 Å². The van der Waals surface area contributed by atoms with Crippen molar-refractivity contribution in [3.8, 4) is 22.2 Å². The second kappa shape index (κ2) is 8.23. The first-order valence-electron chi connectivity index (χ1n) is 11.9. The molecule has 0 saturated heterocycles. The highest BCUT2D eigenvalue weighted by Gasteiger charge is 2.47. The van der Waals surface area contributed by atoms with Gasteiger partial charge in [0, 0.05) is 12.0 Å². The number of fused-ring (bicyclic) bond motifs is 3. The first-order valence-corrected chi connectivity index (χ1v) is 13.2. The minimum Gasteiger partial charge on any atom is -0.486 e. The van der Waals surface area contributed by atoms with Crippen LogP contribution in [-0.2, 0) is 10.2 Å². The van der Waals surface area contributed by atoms with E-state index >= 15 is 0 Å². The molecule has 9 heteroatoms. The van der Waals surface area contributed by atoms with Gasteiger partial charge in [0.2, 0.25) is 5.91 Å². The SMILES string of the molecule is CC1c2cc3c(cc2C2(CCCC2)CN1C(=O)C(C)n1c(-c2cccs2)n[nH]c1=S)OCCO3. The molecule has 1 spiro atoms. The standard InChI is InChI=1S/C25H28N4O3S2/c1-15-17-12-19-20(32-10-9-31-19)13-18(17)25(7-3-4-8-25)14-28(15)23(30)16(2)29-22(26-27-24(29)33)21-6-5-11-34-21/h5-6,11-13,15-16H,3-4,7-10,14H2,1-2H3,(H,27,33). The Bertz CT molecular complexity index is 1290. The number of benzene rings is 1. The normalized spacial score (nSPS) is 21.5. The van der Waals surface area contributed by atoms with E-state index < -0.39 is 6.04 Å². The van der Waals surface area contributed by atoms with Crippen LogP contribution in [0.15, 0.2) is 29.6 Å². The van der Waals surface area contributed by atoms with Crippen molar-refractivity contribution >= 4 is 29.5 Å². The minimum atomic E-state index is -0.469. The van der Waals surface area contributed by atoms with E-state index in [0.717, 1.165) is 29.2 Å². The molecule has 2 atom stereocenters. The molecule has 4 heterocycles. The molecule has 1 aliphatic carbocycles. The number of aromatic amines is 1. The Morgan fingerprint density at radius 2 is 2.00 bits per heavy atom. The van der Waals surface area contributed by atoms with Crippen LogP contribution in [0.3, 0.4) is 0 Å². The van der Waals surface area contributed by atoms with Gasteiger partial charge in [0.15, 0.2) is 22.1 Å². The average molecular weight is 497 g/mol. The number of amides is 1. The summed E-state index contributed by atoms with van der Waals surface area (Å²) in [5, 5.41) is 9.33. The van der Waals surface area contributed by atoms with Crippen LogP contribution in [0, 0.1) is 4.77 Å². The van der Waals surface area contributed by atoms with E-state index in [-0.39, 0.29) is 17.4 Å². The highest BCUT2D eigenvalue weighted by Crippen LogP contribution is 2.52. The number of rotatable bonds is 3. The van der Waals surface area contributed by atoms with Crippen molar-refractivity contribution in [3.63, 3.8) is 0 Å². The molecule has 178 valence electrons. The molecule has 3 aliphatic rings. The van der Waals surface area contributed by atoms with E-state index in [1.165, 1.54) is 24.0 Å². The molecular weight excluding hydrogens is 468 g/mol. The minimum absolute atomic E-state index is 0.0402. The van der Waals surface area contributed by atoms with E-state index in [0.29, 0.717) is 30.4 Å². The molecular formula is C25H28N4O3S2. The van der Waals surface area contributed by atoms with E-state index in [1.807, 2.05) is 29.0 Å². The predicted octanol–water partition coefficient (Wildman–Crippen LogP) is 5.42.